The number of amides is 1. The van der Waals surface area contributed by atoms with Crippen molar-refractivity contribution in [3.63, 3.8) is 0 Å². The van der Waals surface area contributed by atoms with Gasteiger partial charge in [-0.15, -0.1) is 0 Å². The van der Waals surface area contributed by atoms with Crippen LogP contribution in [0.25, 0.3) is 0 Å². The first kappa shape index (κ1) is 18.2. The Morgan fingerprint density at radius 3 is 2.58 bits per heavy atom. The molecule has 2 aromatic rings. The molecule has 2 rings (SSSR count). The topological polar surface area (TPSA) is 98.5 Å². The highest BCUT2D eigenvalue weighted by Gasteiger charge is 2.22. The molecule has 126 valence electrons. The molecule has 0 aliphatic heterocycles. The maximum atomic E-state index is 12.0. The number of halogens is 2. The van der Waals surface area contributed by atoms with Crippen molar-refractivity contribution in [1.29, 1.82) is 0 Å². The second-order valence-corrected chi connectivity index (χ2v) is 6.46. The number of nitrogens with one attached hydrogen (secondary N) is 1. The zero-order chi connectivity index (χ0) is 17.9. The Labute approximate surface area is 150 Å². The SMILES string of the molecule is C[C@@H](OC(=O)c1ccc([N+](=O)[O-])s1)C(=O)Nc1ccc(Cl)cc1Cl. The molecular formula is C14H10Cl2N2O5S. The quantitative estimate of drug-likeness (QED) is 0.471. The van der Waals surface area contributed by atoms with Gasteiger partial charge in [-0.05, 0) is 31.2 Å². The zero-order valence-electron chi connectivity index (χ0n) is 12.1. The summed E-state index contributed by atoms with van der Waals surface area (Å²) < 4.78 is 4.99. The number of thiophene rings is 1. The lowest BCUT2D eigenvalue weighted by atomic mass is 10.3. The van der Waals surface area contributed by atoms with Gasteiger partial charge in [-0.1, -0.05) is 34.5 Å². The third kappa shape index (κ3) is 4.44. The highest BCUT2D eigenvalue weighted by atomic mass is 35.5. The van der Waals surface area contributed by atoms with Crippen LogP contribution >= 0.6 is 34.5 Å². The van der Waals surface area contributed by atoms with Crippen LogP contribution < -0.4 is 5.32 Å². The lowest BCUT2D eigenvalue weighted by Crippen LogP contribution is -2.29. The van der Waals surface area contributed by atoms with E-state index in [1.54, 1.807) is 6.07 Å². The van der Waals surface area contributed by atoms with Crippen LogP contribution in [0.5, 0.6) is 0 Å². The lowest BCUT2D eigenvalue weighted by Gasteiger charge is -2.13. The Morgan fingerprint density at radius 2 is 2.00 bits per heavy atom. The molecule has 24 heavy (non-hydrogen) atoms. The number of carbonyl (C=O) groups is 2. The molecule has 1 aromatic heterocycles. The Hall–Kier alpha value is -2.16. The summed E-state index contributed by atoms with van der Waals surface area (Å²) in [4.78, 5) is 34.0. The fourth-order valence-corrected chi connectivity index (χ4v) is 2.79. The van der Waals surface area contributed by atoms with Crippen molar-refractivity contribution in [2.24, 2.45) is 0 Å². The predicted octanol–water partition coefficient (Wildman–Crippen LogP) is 4.15. The van der Waals surface area contributed by atoms with Gasteiger partial charge in [-0.25, -0.2) is 4.79 Å². The molecule has 0 radical (unpaired) electrons. The lowest BCUT2D eigenvalue weighted by molar-refractivity contribution is -0.380. The van der Waals surface area contributed by atoms with Crippen LogP contribution in [0.2, 0.25) is 10.0 Å². The van der Waals surface area contributed by atoms with Crippen molar-refractivity contribution in [2.45, 2.75) is 13.0 Å². The van der Waals surface area contributed by atoms with Gasteiger partial charge in [0.05, 0.1) is 15.6 Å². The number of ether oxygens (including phenoxy) is 1. The summed E-state index contributed by atoms with van der Waals surface area (Å²) in [5.41, 5.74) is 0.320. The molecule has 1 aromatic carbocycles. The molecule has 7 nitrogen and oxygen atoms in total. The van der Waals surface area contributed by atoms with E-state index in [0.717, 1.165) is 0 Å². The van der Waals surface area contributed by atoms with Crippen LogP contribution in [0.3, 0.4) is 0 Å². The molecule has 0 saturated carbocycles. The van der Waals surface area contributed by atoms with Crippen LogP contribution in [0, 0.1) is 10.1 Å². The first-order valence-electron chi connectivity index (χ1n) is 6.49. The normalized spacial score (nSPS) is 11.6. The first-order valence-corrected chi connectivity index (χ1v) is 8.06. The third-order valence-electron chi connectivity index (χ3n) is 2.81. The van der Waals surface area contributed by atoms with Gasteiger partial charge in [0.25, 0.3) is 5.91 Å². The minimum Gasteiger partial charge on any atom is -0.448 e. The molecule has 0 aliphatic carbocycles. The van der Waals surface area contributed by atoms with Crippen molar-refractivity contribution < 1.29 is 19.2 Å². The smallest absolute Gasteiger partial charge is 0.349 e. The Kier molecular flexibility index (Phi) is 5.76. The van der Waals surface area contributed by atoms with Gasteiger partial charge in [-0.2, -0.15) is 0 Å². The van der Waals surface area contributed by atoms with E-state index in [0.29, 0.717) is 22.0 Å². The average molecular weight is 389 g/mol. The van der Waals surface area contributed by atoms with Gasteiger partial charge < -0.3 is 10.1 Å². The molecule has 1 atom stereocenters. The molecule has 10 heteroatoms. The summed E-state index contributed by atoms with van der Waals surface area (Å²) in [5, 5.41) is 13.6. The van der Waals surface area contributed by atoms with Crippen molar-refractivity contribution in [1.82, 2.24) is 0 Å². The van der Waals surface area contributed by atoms with Gasteiger partial charge in [0.2, 0.25) is 0 Å². The van der Waals surface area contributed by atoms with E-state index in [4.69, 9.17) is 27.9 Å². The number of hydrogen-bond acceptors (Lipinski definition) is 6. The van der Waals surface area contributed by atoms with E-state index < -0.39 is 22.9 Å². The Balaban J connectivity index is 2.00. The van der Waals surface area contributed by atoms with Crippen molar-refractivity contribution in [3.8, 4) is 0 Å². The number of nitro groups is 1. The van der Waals surface area contributed by atoms with E-state index in [2.05, 4.69) is 5.32 Å². The highest BCUT2D eigenvalue weighted by molar-refractivity contribution is 7.17. The maximum absolute atomic E-state index is 12.0. The van der Waals surface area contributed by atoms with Crippen molar-refractivity contribution in [2.75, 3.05) is 5.32 Å². The fourth-order valence-electron chi connectivity index (χ4n) is 1.63. The van der Waals surface area contributed by atoms with Crippen LogP contribution in [-0.2, 0) is 9.53 Å². The van der Waals surface area contributed by atoms with E-state index in [1.807, 2.05) is 0 Å². The minimum atomic E-state index is -1.12. The monoisotopic (exact) mass is 388 g/mol. The molecule has 1 N–H and O–H groups in total. The molecule has 0 aliphatic rings. The second-order valence-electron chi connectivity index (χ2n) is 4.56. The second kappa shape index (κ2) is 7.61. The molecule has 0 fully saturated rings. The van der Waals surface area contributed by atoms with Crippen LogP contribution in [0.4, 0.5) is 10.7 Å². The van der Waals surface area contributed by atoms with E-state index >= 15 is 0 Å². The number of nitrogens with zero attached hydrogens (tertiary/aromatic N) is 1. The van der Waals surface area contributed by atoms with Crippen LogP contribution in [-0.4, -0.2) is 22.9 Å². The predicted molar refractivity (Wildman–Crippen MR) is 90.9 cm³/mol. The largest absolute Gasteiger partial charge is 0.448 e. The highest BCUT2D eigenvalue weighted by Crippen LogP contribution is 2.26. The molecule has 1 heterocycles. The van der Waals surface area contributed by atoms with Crippen LogP contribution in [0.15, 0.2) is 30.3 Å². The van der Waals surface area contributed by atoms with Gasteiger partial charge in [-0.3, -0.25) is 14.9 Å². The van der Waals surface area contributed by atoms with Gasteiger partial charge in [0, 0.05) is 11.1 Å². The number of rotatable bonds is 5. The van der Waals surface area contributed by atoms with E-state index in [1.165, 1.54) is 31.2 Å². The summed E-state index contributed by atoms with van der Waals surface area (Å²) in [6.45, 7) is 1.37. The summed E-state index contributed by atoms with van der Waals surface area (Å²) in [5.74, 6) is -1.42. The molecular weight excluding hydrogens is 379 g/mol. The fraction of sp³-hybridized carbons (Fsp3) is 0.143. The maximum Gasteiger partial charge on any atom is 0.349 e. The number of carbonyl (C=O) groups excluding carboxylic acids is 2. The zero-order valence-corrected chi connectivity index (χ0v) is 14.4. The standard InChI is InChI=1S/C14H10Cl2N2O5S/c1-7(13(19)17-10-3-2-8(15)6-9(10)16)23-14(20)11-4-5-12(24-11)18(21)22/h2-7H,1H3,(H,17,19)/t7-/m1/s1. The molecule has 0 unspecified atom stereocenters. The number of benzene rings is 1. The average Bonchev–Trinajstić information content (AvgIpc) is 3.00. The van der Waals surface area contributed by atoms with Crippen molar-refractivity contribution >= 4 is 57.1 Å². The molecule has 0 spiro atoms. The number of anilines is 1. The van der Waals surface area contributed by atoms with Gasteiger partial charge in [0.15, 0.2) is 6.10 Å². The summed E-state index contributed by atoms with van der Waals surface area (Å²) in [6, 6.07) is 6.98. The Morgan fingerprint density at radius 1 is 1.29 bits per heavy atom. The van der Waals surface area contributed by atoms with Crippen molar-refractivity contribution in [3.05, 3.63) is 55.4 Å². The number of hydrogen-bond donors (Lipinski definition) is 1. The summed E-state index contributed by atoms with van der Waals surface area (Å²) in [6.07, 6.45) is -1.12. The summed E-state index contributed by atoms with van der Waals surface area (Å²) in [7, 11) is 0. The van der Waals surface area contributed by atoms with Gasteiger partial charge in [0.1, 0.15) is 4.88 Å². The summed E-state index contributed by atoms with van der Waals surface area (Å²) >= 11 is 12.4. The molecule has 1 amide bonds. The molecule has 0 bridgehead atoms. The Bertz CT molecular complexity index is 808. The van der Waals surface area contributed by atoms with E-state index in [9.17, 15) is 19.7 Å². The third-order valence-corrected chi connectivity index (χ3v) is 4.38. The van der Waals surface area contributed by atoms with Crippen LogP contribution in [0.1, 0.15) is 16.6 Å². The minimum absolute atomic E-state index is 0.0332. The van der Waals surface area contributed by atoms with E-state index in [-0.39, 0.29) is 14.9 Å². The molecule has 0 saturated heterocycles. The first-order chi connectivity index (χ1) is 11.3. The number of esters is 1. The van der Waals surface area contributed by atoms with Gasteiger partial charge >= 0.3 is 11.0 Å².